The number of ether oxygens (including phenoxy) is 1. The summed E-state index contributed by atoms with van der Waals surface area (Å²) < 4.78 is 5.74. The Balaban J connectivity index is 1.59. The molecule has 1 aliphatic rings. The fourth-order valence-corrected chi connectivity index (χ4v) is 3.17. The summed E-state index contributed by atoms with van der Waals surface area (Å²) >= 11 is 0. The molecule has 8 heteroatoms. The number of urea groups is 1. The van der Waals surface area contributed by atoms with E-state index in [4.69, 9.17) is 10.5 Å². The number of amides is 3. The number of carbonyl (C=O) groups is 2. The van der Waals surface area contributed by atoms with Crippen molar-refractivity contribution < 1.29 is 14.3 Å². The first kappa shape index (κ1) is 19.6. The average Bonchev–Trinajstić information content (AvgIpc) is 2.67. The van der Waals surface area contributed by atoms with E-state index in [0.29, 0.717) is 17.8 Å². The largest absolute Gasteiger partial charge is 0.372 e. The fraction of sp³-hybridized carbons (Fsp3) is 0.350. The number of primary amides is 1. The minimum Gasteiger partial charge on any atom is -0.372 e. The quantitative estimate of drug-likeness (QED) is 0.733. The van der Waals surface area contributed by atoms with E-state index in [2.05, 4.69) is 20.5 Å². The van der Waals surface area contributed by atoms with E-state index in [0.717, 1.165) is 24.5 Å². The molecule has 1 aliphatic heterocycles. The lowest BCUT2D eigenvalue weighted by atomic mass is 10.2. The van der Waals surface area contributed by atoms with E-state index in [-0.39, 0.29) is 18.1 Å². The molecule has 148 valence electrons. The minimum absolute atomic E-state index is 0.148. The number of nitrogens with two attached hydrogens (primary N) is 1. The van der Waals surface area contributed by atoms with E-state index in [1.807, 2.05) is 32.0 Å². The van der Waals surface area contributed by atoms with Gasteiger partial charge in [-0.3, -0.25) is 4.79 Å². The zero-order valence-corrected chi connectivity index (χ0v) is 16.0. The van der Waals surface area contributed by atoms with E-state index in [9.17, 15) is 9.59 Å². The Bertz CT molecular complexity index is 813. The molecule has 8 nitrogen and oxygen atoms in total. The van der Waals surface area contributed by atoms with Crippen LogP contribution in [0.5, 0.6) is 0 Å². The Kier molecular flexibility index (Phi) is 6.10. The van der Waals surface area contributed by atoms with Crippen molar-refractivity contribution in [2.45, 2.75) is 32.6 Å². The van der Waals surface area contributed by atoms with Gasteiger partial charge in [0.2, 0.25) is 0 Å². The van der Waals surface area contributed by atoms with Crippen molar-refractivity contribution in [3.63, 3.8) is 0 Å². The predicted molar refractivity (Wildman–Crippen MR) is 107 cm³/mol. The summed E-state index contributed by atoms with van der Waals surface area (Å²) in [4.78, 5) is 29.8. The molecule has 1 aromatic heterocycles. The number of nitrogens with zero attached hydrogens (tertiary/aromatic N) is 2. The van der Waals surface area contributed by atoms with Crippen LogP contribution in [-0.2, 0) is 11.3 Å². The third-order valence-corrected chi connectivity index (χ3v) is 4.43. The third-order valence-electron chi connectivity index (χ3n) is 4.43. The van der Waals surface area contributed by atoms with E-state index in [1.165, 1.54) is 0 Å². The molecule has 0 saturated carbocycles. The molecular formula is C20H25N5O3. The third kappa shape index (κ3) is 5.20. The van der Waals surface area contributed by atoms with Crippen LogP contribution in [0.1, 0.15) is 29.8 Å². The molecular weight excluding hydrogens is 358 g/mol. The topological polar surface area (TPSA) is 110 Å². The average molecular weight is 383 g/mol. The molecule has 1 aromatic carbocycles. The number of aromatic nitrogens is 1. The zero-order chi connectivity index (χ0) is 20.1. The predicted octanol–water partition coefficient (Wildman–Crippen LogP) is 2.12. The van der Waals surface area contributed by atoms with Gasteiger partial charge in [-0.25, -0.2) is 9.78 Å². The number of morpholine rings is 1. The molecule has 1 fully saturated rings. The highest BCUT2D eigenvalue weighted by Crippen LogP contribution is 2.19. The molecule has 3 amide bonds. The molecule has 3 rings (SSSR count). The summed E-state index contributed by atoms with van der Waals surface area (Å²) in [6.07, 6.45) is 1.88. The Morgan fingerprint density at radius 3 is 2.39 bits per heavy atom. The zero-order valence-electron chi connectivity index (χ0n) is 16.0. The van der Waals surface area contributed by atoms with Crippen LogP contribution < -0.4 is 21.3 Å². The van der Waals surface area contributed by atoms with Crippen LogP contribution in [0.25, 0.3) is 0 Å². The summed E-state index contributed by atoms with van der Waals surface area (Å²) in [5.41, 5.74) is 7.08. The Hall–Kier alpha value is -3.13. The van der Waals surface area contributed by atoms with Crippen molar-refractivity contribution in [1.29, 1.82) is 0 Å². The summed E-state index contributed by atoms with van der Waals surface area (Å²) in [5.74, 6) is 0.607. The number of benzene rings is 1. The lowest BCUT2D eigenvalue weighted by Gasteiger charge is -2.36. The maximum absolute atomic E-state index is 12.4. The van der Waals surface area contributed by atoms with Crippen molar-refractivity contribution >= 4 is 23.4 Å². The van der Waals surface area contributed by atoms with Crippen molar-refractivity contribution in [3.05, 3.63) is 53.7 Å². The Morgan fingerprint density at radius 2 is 1.82 bits per heavy atom. The van der Waals surface area contributed by atoms with Crippen molar-refractivity contribution in [2.24, 2.45) is 5.73 Å². The minimum atomic E-state index is -0.575. The first-order chi connectivity index (χ1) is 13.4. The number of hydrogen-bond acceptors (Lipinski definition) is 5. The van der Waals surface area contributed by atoms with Crippen LogP contribution >= 0.6 is 0 Å². The van der Waals surface area contributed by atoms with E-state index < -0.39 is 6.03 Å². The monoisotopic (exact) mass is 383 g/mol. The number of carbonyl (C=O) groups excluding carboxylic acids is 2. The van der Waals surface area contributed by atoms with Gasteiger partial charge in [-0.05, 0) is 43.7 Å². The first-order valence-corrected chi connectivity index (χ1v) is 9.21. The van der Waals surface area contributed by atoms with Gasteiger partial charge in [-0.1, -0.05) is 12.1 Å². The van der Waals surface area contributed by atoms with Crippen LogP contribution in [0, 0.1) is 0 Å². The molecule has 0 bridgehead atoms. The van der Waals surface area contributed by atoms with Crippen LogP contribution in [0.3, 0.4) is 0 Å². The first-order valence-electron chi connectivity index (χ1n) is 9.21. The maximum Gasteiger partial charge on any atom is 0.312 e. The van der Waals surface area contributed by atoms with Gasteiger partial charge in [-0.2, -0.15) is 0 Å². The van der Waals surface area contributed by atoms with Crippen LogP contribution in [-0.4, -0.2) is 42.2 Å². The van der Waals surface area contributed by atoms with Gasteiger partial charge in [0.05, 0.1) is 17.8 Å². The Labute approximate surface area is 164 Å². The van der Waals surface area contributed by atoms with Gasteiger partial charge in [0.25, 0.3) is 5.91 Å². The molecule has 0 radical (unpaired) electrons. The summed E-state index contributed by atoms with van der Waals surface area (Å²) in [6, 6.07) is 10.2. The number of anilines is 2. The van der Waals surface area contributed by atoms with Gasteiger partial charge < -0.3 is 26.0 Å². The molecule has 28 heavy (non-hydrogen) atoms. The van der Waals surface area contributed by atoms with Crippen LogP contribution in [0.15, 0.2) is 42.6 Å². The van der Waals surface area contributed by atoms with E-state index in [1.54, 1.807) is 24.4 Å². The number of pyridine rings is 1. The second kappa shape index (κ2) is 8.71. The molecule has 2 aromatic rings. The highest BCUT2D eigenvalue weighted by Gasteiger charge is 2.23. The normalized spacial score (nSPS) is 19.1. The smallest absolute Gasteiger partial charge is 0.312 e. The highest BCUT2D eigenvalue weighted by atomic mass is 16.5. The van der Waals surface area contributed by atoms with Crippen LogP contribution in [0.2, 0.25) is 0 Å². The summed E-state index contributed by atoms with van der Waals surface area (Å²) in [5, 5.41) is 5.36. The van der Waals surface area contributed by atoms with Gasteiger partial charge in [-0.15, -0.1) is 0 Å². The maximum atomic E-state index is 12.4. The molecule has 2 atom stereocenters. The Morgan fingerprint density at radius 1 is 1.14 bits per heavy atom. The molecule has 4 N–H and O–H groups in total. The van der Waals surface area contributed by atoms with Gasteiger partial charge >= 0.3 is 6.03 Å². The van der Waals surface area contributed by atoms with Crippen molar-refractivity contribution in [2.75, 3.05) is 23.3 Å². The SMILES string of the molecule is CC1CN(c2ccc(C(=O)Nc3ccc(CNC(N)=O)cc3)cn2)CC(C)O1. The van der Waals surface area contributed by atoms with Crippen molar-refractivity contribution in [1.82, 2.24) is 10.3 Å². The van der Waals surface area contributed by atoms with Gasteiger partial charge in [0, 0.05) is 31.5 Å². The highest BCUT2D eigenvalue weighted by molar-refractivity contribution is 6.04. The molecule has 2 unspecified atom stereocenters. The van der Waals surface area contributed by atoms with Gasteiger partial charge in [0.1, 0.15) is 5.82 Å². The molecule has 1 saturated heterocycles. The lowest BCUT2D eigenvalue weighted by molar-refractivity contribution is -0.00546. The lowest BCUT2D eigenvalue weighted by Crippen LogP contribution is -2.45. The number of hydrogen-bond donors (Lipinski definition) is 3. The summed E-state index contributed by atoms with van der Waals surface area (Å²) in [7, 11) is 0. The van der Waals surface area contributed by atoms with E-state index >= 15 is 0 Å². The van der Waals surface area contributed by atoms with Crippen LogP contribution in [0.4, 0.5) is 16.3 Å². The fourth-order valence-electron chi connectivity index (χ4n) is 3.17. The second-order valence-electron chi connectivity index (χ2n) is 6.94. The summed E-state index contributed by atoms with van der Waals surface area (Å²) in [6.45, 7) is 5.98. The standard InChI is InChI=1S/C20H25N5O3/c1-13-11-25(12-14(2)28-13)18-8-5-16(10-22-18)19(26)24-17-6-3-15(4-7-17)9-23-20(21)27/h3-8,10,13-14H,9,11-12H2,1-2H3,(H,24,26)(H3,21,23,27). The number of nitrogens with one attached hydrogen (secondary N) is 2. The van der Waals surface area contributed by atoms with Crippen molar-refractivity contribution in [3.8, 4) is 0 Å². The molecule has 0 aliphatic carbocycles. The second-order valence-corrected chi connectivity index (χ2v) is 6.94. The van der Waals surface area contributed by atoms with Gasteiger partial charge in [0.15, 0.2) is 0 Å². The number of rotatable bonds is 5. The molecule has 0 spiro atoms. The molecule has 2 heterocycles.